The molecule has 154 valence electrons. The third-order valence-corrected chi connectivity index (χ3v) is 4.58. The number of rotatable bonds is 7. The van der Waals surface area contributed by atoms with Crippen LogP contribution in [-0.2, 0) is 11.2 Å². The van der Waals surface area contributed by atoms with E-state index in [0.29, 0.717) is 17.9 Å². The van der Waals surface area contributed by atoms with Gasteiger partial charge in [-0.15, -0.1) is 0 Å². The molecule has 6 nitrogen and oxygen atoms in total. The molecule has 0 fully saturated rings. The molecule has 0 saturated carbocycles. The van der Waals surface area contributed by atoms with Crippen molar-refractivity contribution in [1.82, 2.24) is 5.32 Å². The molecule has 0 spiro atoms. The first-order valence-electron chi connectivity index (χ1n) is 9.69. The van der Waals surface area contributed by atoms with Gasteiger partial charge in [-0.3, -0.25) is 4.79 Å². The standard InChI is InChI=1S/C24H25N3O3/c1-17(25-24(29)26-20-12-8-13-21(16-20)30-2)23(28)27-22-14-7-6-11-19(22)15-18-9-4-3-5-10-18/h3-14,16-17H,15H2,1-2H3,(H,27,28)(H2,25,26,29). The van der Waals surface area contributed by atoms with Crippen LogP contribution in [0.4, 0.5) is 16.2 Å². The van der Waals surface area contributed by atoms with Crippen molar-refractivity contribution in [1.29, 1.82) is 0 Å². The van der Waals surface area contributed by atoms with Gasteiger partial charge in [-0.1, -0.05) is 54.6 Å². The lowest BCUT2D eigenvalue weighted by atomic mass is 10.0. The van der Waals surface area contributed by atoms with Gasteiger partial charge in [0.05, 0.1) is 7.11 Å². The number of carbonyl (C=O) groups is 2. The Bertz CT molecular complexity index is 1010. The van der Waals surface area contributed by atoms with E-state index in [9.17, 15) is 9.59 Å². The number of urea groups is 1. The summed E-state index contributed by atoms with van der Waals surface area (Å²) in [6.45, 7) is 1.64. The second-order valence-electron chi connectivity index (χ2n) is 6.86. The first-order chi connectivity index (χ1) is 14.5. The lowest BCUT2D eigenvalue weighted by Crippen LogP contribution is -2.43. The normalized spacial score (nSPS) is 11.3. The number of ether oxygens (including phenoxy) is 1. The maximum Gasteiger partial charge on any atom is 0.319 e. The number of para-hydroxylation sites is 1. The summed E-state index contributed by atoms with van der Waals surface area (Å²) in [5.74, 6) is 0.338. The molecule has 0 radical (unpaired) electrons. The van der Waals surface area contributed by atoms with E-state index in [1.807, 2.05) is 54.6 Å². The molecule has 30 heavy (non-hydrogen) atoms. The van der Waals surface area contributed by atoms with E-state index in [-0.39, 0.29) is 5.91 Å². The van der Waals surface area contributed by atoms with Gasteiger partial charge in [-0.2, -0.15) is 0 Å². The SMILES string of the molecule is COc1cccc(NC(=O)NC(C)C(=O)Nc2ccccc2Cc2ccccc2)c1. The third kappa shape index (κ3) is 5.85. The summed E-state index contributed by atoms with van der Waals surface area (Å²) in [5.41, 5.74) is 3.47. The van der Waals surface area contributed by atoms with Gasteiger partial charge >= 0.3 is 6.03 Å². The molecule has 3 aromatic carbocycles. The second-order valence-corrected chi connectivity index (χ2v) is 6.86. The Balaban J connectivity index is 1.59. The van der Waals surface area contributed by atoms with E-state index >= 15 is 0 Å². The molecule has 3 rings (SSSR count). The van der Waals surface area contributed by atoms with Crippen LogP contribution in [0.1, 0.15) is 18.1 Å². The van der Waals surface area contributed by atoms with Crippen LogP contribution in [0, 0.1) is 0 Å². The first kappa shape index (κ1) is 20.9. The van der Waals surface area contributed by atoms with E-state index in [4.69, 9.17) is 4.74 Å². The number of anilines is 2. The van der Waals surface area contributed by atoms with Gasteiger partial charge in [0.1, 0.15) is 11.8 Å². The Labute approximate surface area is 176 Å². The molecule has 6 heteroatoms. The molecule has 0 bridgehead atoms. The molecule has 3 amide bonds. The average Bonchev–Trinajstić information content (AvgIpc) is 2.75. The van der Waals surface area contributed by atoms with E-state index in [0.717, 1.165) is 16.8 Å². The van der Waals surface area contributed by atoms with Crippen LogP contribution < -0.4 is 20.7 Å². The Morgan fingerprint density at radius 3 is 2.40 bits per heavy atom. The van der Waals surface area contributed by atoms with E-state index < -0.39 is 12.1 Å². The summed E-state index contributed by atoms with van der Waals surface area (Å²) in [6.07, 6.45) is 0.704. The van der Waals surface area contributed by atoms with Crippen molar-refractivity contribution >= 4 is 23.3 Å². The average molecular weight is 403 g/mol. The maximum atomic E-state index is 12.6. The molecule has 0 heterocycles. The lowest BCUT2D eigenvalue weighted by molar-refractivity contribution is -0.117. The molecule has 3 N–H and O–H groups in total. The number of carbonyl (C=O) groups excluding carboxylic acids is 2. The van der Waals surface area contributed by atoms with Gasteiger partial charge < -0.3 is 20.7 Å². The van der Waals surface area contributed by atoms with Crippen molar-refractivity contribution in [2.24, 2.45) is 0 Å². The van der Waals surface area contributed by atoms with Gasteiger partial charge in [-0.05, 0) is 42.7 Å². The van der Waals surface area contributed by atoms with Crippen LogP contribution in [0.3, 0.4) is 0 Å². The van der Waals surface area contributed by atoms with Gasteiger partial charge in [0.25, 0.3) is 0 Å². The quantitative estimate of drug-likeness (QED) is 0.546. The predicted octanol–water partition coefficient (Wildman–Crippen LogP) is 4.43. The van der Waals surface area contributed by atoms with Crippen LogP contribution >= 0.6 is 0 Å². The molecule has 0 aliphatic heterocycles. The highest BCUT2D eigenvalue weighted by Gasteiger charge is 2.17. The molecule has 0 aliphatic carbocycles. The van der Waals surface area contributed by atoms with Crippen LogP contribution in [-0.4, -0.2) is 25.1 Å². The zero-order valence-electron chi connectivity index (χ0n) is 17.0. The van der Waals surface area contributed by atoms with Crippen molar-refractivity contribution in [2.45, 2.75) is 19.4 Å². The molecule has 1 unspecified atom stereocenters. The lowest BCUT2D eigenvalue weighted by Gasteiger charge is -2.17. The first-order valence-corrected chi connectivity index (χ1v) is 9.69. The van der Waals surface area contributed by atoms with Gasteiger partial charge in [0.2, 0.25) is 5.91 Å². The summed E-state index contributed by atoms with van der Waals surface area (Å²) in [5, 5.41) is 8.27. The van der Waals surface area contributed by atoms with Crippen molar-refractivity contribution in [3.8, 4) is 5.75 Å². The smallest absolute Gasteiger partial charge is 0.319 e. The number of nitrogens with one attached hydrogen (secondary N) is 3. The third-order valence-electron chi connectivity index (χ3n) is 4.58. The molecule has 0 aromatic heterocycles. The minimum absolute atomic E-state index is 0.295. The van der Waals surface area contributed by atoms with Crippen LogP contribution in [0.15, 0.2) is 78.9 Å². The Morgan fingerprint density at radius 2 is 1.63 bits per heavy atom. The van der Waals surface area contributed by atoms with Crippen LogP contribution in [0.2, 0.25) is 0 Å². The Kier molecular flexibility index (Phi) is 7.05. The highest BCUT2D eigenvalue weighted by atomic mass is 16.5. The molecular weight excluding hydrogens is 378 g/mol. The van der Waals surface area contributed by atoms with Crippen LogP contribution in [0.5, 0.6) is 5.75 Å². The largest absolute Gasteiger partial charge is 0.497 e. The van der Waals surface area contributed by atoms with Crippen molar-refractivity contribution in [2.75, 3.05) is 17.7 Å². The highest BCUT2D eigenvalue weighted by molar-refractivity contribution is 5.99. The van der Waals surface area contributed by atoms with Gasteiger partial charge in [0.15, 0.2) is 0 Å². The number of hydrogen-bond acceptors (Lipinski definition) is 3. The number of hydrogen-bond donors (Lipinski definition) is 3. The predicted molar refractivity (Wildman–Crippen MR) is 119 cm³/mol. The highest BCUT2D eigenvalue weighted by Crippen LogP contribution is 2.19. The van der Waals surface area contributed by atoms with Gasteiger partial charge in [-0.25, -0.2) is 4.79 Å². The number of benzene rings is 3. The molecular formula is C24H25N3O3. The number of methoxy groups -OCH3 is 1. The molecule has 1 atom stereocenters. The second kappa shape index (κ2) is 10.1. The topological polar surface area (TPSA) is 79.5 Å². The van der Waals surface area contributed by atoms with Gasteiger partial charge in [0, 0.05) is 17.4 Å². The summed E-state index contributed by atoms with van der Waals surface area (Å²) in [7, 11) is 1.56. The molecule has 0 aliphatic rings. The number of amides is 3. The minimum Gasteiger partial charge on any atom is -0.497 e. The van der Waals surface area contributed by atoms with Crippen molar-refractivity contribution in [3.05, 3.63) is 90.0 Å². The summed E-state index contributed by atoms with van der Waals surface area (Å²) >= 11 is 0. The zero-order valence-corrected chi connectivity index (χ0v) is 17.0. The fourth-order valence-electron chi connectivity index (χ4n) is 2.98. The van der Waals surface area contributed by atoms with E-state index in [1.54, 1.807) is 38.3 Å². The summed E-state index contributed by atoms with van der Waals surface area (Å²) < 4.78 is 5.14. The fourth-order valence-corrected chi connectivity index (χ4v) is 2.98. The monoisotopic (exact) mass is 403 g/mol. The van der Waals surface area contributed by atoms with Crippen molar-refractivity contribution in [3.63, 3.8) is 0 Å². The molecule has 3 aromatic rings. The summed E-state index contributed by atoms with van der Waals surface area (Å²) in [4.78, 5) is 24.9. The summed E-state index contributed by atoms with van der Waals surface area (Å²) in [6, 6.07) is 23.5. The molecule has 0 saturated heterocycles. The Morgan fingerprint density at radius 1 is 0.900 bits per heavy atom. The fraction of sp³-hybridized carbons (Fsp3) is 0.167. The van der Waals surface area contributed by atoms with Crippen molar-refractivity contribution < 1.29 is 14.3 Å². The Hall–Kier alpha value is -3.80. The minimum atomic E-state index is -0.722. The van der Waals surface area contributed by atoms with Crippen LogP contribution in [0.25, 0.3) is 0 Å². The van der Waals surface area contributed by atoms with E-state index in [1.165, 1.54) is 0 Å². The maximum absolute atomic E-state index is 12.6. The zero-order chi connectivity index (χ0) is 21.3. The van der Waals surface area contributed by atoms with E-state index in [2.05, 4.69) is 16.0 Å².